The van der Waals surface area contributed by atoms with E-state index in [1.807, 2.05) is 19.0 Å². The van der Waals surface area contributed by atoms with Crippen LogP contribution in [0.3, 0.4) is 0 Å². The van der Waals surface area contributed by atoms with Crippen molar-refractivity contribution in [3.63, 3.8) is 0 Å². The third-order valence-electron chi connectivity index (χ3n) is 3.72. The van der Waals surface area contributed by atoms with Gasteiger partial charge in [-0.2, -0.15) is 0 Å². The molecule has 20 heavy (non-hydrogen) atoms. The Morgan fingerprint density at radius 3 is 2.50 bits per heavy atom. The van der Waals surface area contributed by atoms with Crippen LogP contribution in [0.5, 0.6) is 0 Å². The molecule has 2 atom stereocenters. The Balaban J connectivity index is 2.68. The second-order valence-corrected chi connectivity index (χ2v) is 6.11. The summed E-state index contributed by atoms with van der Waals surface area (Å²) in [6.45, 7) is 5.38. The van der Waals surface area contributed by atoms with E-state index in [2.05, 4.69) is 19.2 Å². The SMILES string of the molecule is CC(C)C(CN(C)C)NC(=O)N1CCCCC1C(=O)O. The van der Waals surface area contributed by atoms with E-state index in [0.29, 0.717) is 18.9 Å². The highest BCUT2D eigenvalue weighted by Gasteiger charge is 2.33. The second-order valence-electron chi connectivity index (χ2n) is 6.11. The lowest BCUT2D eigenvalue weighted by Gasteiger charge is -2.35. The maximum absolute atomic E-state index is 12.3. The van der Waals surface area contributed by atoms with Crippen LogP contribution in [-0.2, 0) is 4.79 Å². The Morgan fingerprint density at radius 2 is 2.00 bits per heavy atom. The van der Waals surface area contributed by atoms with Crippen LogP contribution < -0.4 is 5.32 Å². The van der Waals surface area contributed by atoms with E-state index in [4.69, 9.17) is 0 Å². The van der Waals surface area contributed by atoms with Crippen molar-refractivity contribution in [1.82, 2.24) is 15.1 Å². The minimum Gasteiger partial charge on any atom is -0.480 e. The summed E-state index contributed by atoms with van der Waals surface area (Å²) in [5, 5.41) is 12.2. The number of amides is 2. The maximum atomic E-state index is 12.3. The zero-order chi connectivity index (χ0) is 15.3. The number of nitrogens with zero attached hydrogens (tertiary/aromatic N) is 2. The lowest BCUT2D eigenvalue weighted by Crippen LogP contribution is -2.56. The van der Waals surface area contributed by atoms with Crippen molar-refractivity contribution in [1.29, 1.82) is 0 Å². The van der Waals surface area contributed by atoms with Gasteiger partial charge < -0.3 is 20.2 Å². The highest BCUT2D eigenvalue weighted by Crippen LogP contribution is 2.17. The van der Waals surface area contributed by atoms with Crippen molar-refractivity contribution < 1.29 is 14.7 Å². The van der Waals surface area contributed by atoms with Crippen LogP contribution in [0.15, 0.2) is 0 Å². The molecule has 0 aliphatic carbocycles. The molecule has 1 rings (SSSR count). The molecule has 0 aromatic carbocycles. The van der Waals surface area contributed by atoms with Crippen LogP contribution in [0, 0.1) is 5.92 Å². The summed E-state index contributed by atoms with van der Waals surface area (Å²) >= 11 is 0. The Morgan fingerprint density at radius 1 is 1.35 bits per heavy atom. The highest BCUT2D eigenvalue weighted by atomic mass is 16.4. The molecule has 1 heterocycles. The fraction of sp³-hybridized carbons (Fsp3) is 0.857. The average Bonchev–Trinajstić information content (AvgIpc) is 2.37. The van der Waals surface area contributed by atoms with Crippen molar-refractivity contribution in [3.05, 3.63) is 0 Å². The summed E-state index contributed by atoms with van der Waals surface area (Å²) in [7, 11) is 3.92. The maximum Gasteiger partial charge on any atom is 0.326 e. The molecule has 0 aromatic heterocycles. The van der Waals surface area contributed by atoms with E-state index in [1.165, 1.54) is 4.90 Å². The van der Waals surface area contributed by atoms with Gasteiger partial charge in [-0.05, 0) is 39.3 Å². The molecule has 6 heteroatoms. The molecule has 116 valence electrons. The Bertz CT molecular complexity index is 345. The molecule has 2 amide bonds. The van der Waals surface area contributed by atoms with Crippen molar-refractivity contribution in [2.75, 3.05) is 27.2 Å². The van der Waals surface area contributed by atoms with Crippen LogP contribution in [0.25, 0.3) is 0 Å². The molecule has 2 unspecified atom stereocenters. The number of carboxylic acid groups (broad SMARTS) is 1. The van der Waals surface area contributed by atoms with Crippen LogP contribution in [0.1, 0.15) is 33.1 Å². The van der Waals surface area contributed by atoms with Gasteiger partial charge in [-0.15, -0.1) is 0 Å². The molecule has 2 N–H and O–H groups in total. The molecular formula is C14H27N3O3. The first kappa shape index (κ1) is 16.8. The fourth-order valence-electron chi connectivity index (χ4n) is 2.49. The number of carboxylic acids is 1. The number of rotatable bonds is 5. The van der Waals surface area contributed by atoms with Crippen molar-refractivity contribution in [3.8, 4) is 0 Å². The lowest BCUT2D eigenvalue weighted by atomic mass is 10.0. The number of hydrogen-bond acceptors (Lipinski definition) is 3. The number of carbonyl (C=O) groups excluding carboxylic acids is 1. The number of carbonyl (C=O) groups is 2. The summed E-state index contributed by atoms with van der Waals surface area (Å²) in [4.78, 5) is 27.1. The first-order valence-electron chi connectivity index (χ1n) is 7.27. The topological polar surface area (TPSA) is 72.9 Å². The third kappa shape index (κ3) is 4.67. The Hall–Kier alpha value is -1.30. The first-order valence-corrected chi connectivity index (χ1v) is 7.27. The number of urea groups is 1. The van der Waals surface area contributed by atoms with E-state index < -0.39 is 12.0 Å². The van der Waals surface area contributed by atoms with Gasteiger partial charge in [0.15, 0.2) is 0 Å². The van der Waals surface area contributed by atoms with Gasteiger partial charge >= 0.3 is 12.0 Å². The molecule has 0 bridgehead atoms. The number of hydrogen-bond donors (Lipinski definition) is 2. The van der Waals surface area contributed by atoms with Gasteiger partial charge in [-0.1, -0.05) is 13.8 Å². The summed E-state index contributed by atoms with van der Waals surface area (Å²) in [6.07, 6.45) is 2.28. The Labute approximate surface area is 121 Å². The van der Waals surface area contributed by atoms with E-state index in [9.17, 15) is 14.7 Å². The van der Waals surface area contributed by atoms with Gasteiger partial charge in [0, 0.05) is 19.1 Å². The monoisotopic (exact) mass is 285 g/mol. The average molecular weight is 285 g/mol. The quantitative estimate of drug-likeness (QED) is 0.796. The number of aliphatic carboxylic acids is 1. The first-order chi connectivity index (χ1) is 9.32. The molecule has 1 fully saturated rings. The van der Waals surface area contributed by atoms with Gasteiger partial charge in [0.05, 0.1) is 0 Å². The van der Waals surface area contributed by atoms with E-state index in [-0.39, 0.29) is 12.1 Å². The van der Waals surface area contributed by atoms with E-state index in [1.54, 1.807) is 0 Å². The number of nitrogens with one attached hydrogen (secondary N) is 1. The number of likely N-dealkylation sites (tertiary alicyclic amines) is 1. The molecule has 0 saturated carbocycles. The van der Waals surface area contributed by atoms with Crippen molar-refractivity contribution >= 4 is 12.0 Å². The largest absolute Gasteiger partial charge is 0.480 e. The van der Waals surface area contributed by atoms with Gasteiger partial charge in [0.2, 0.25) is 0 Å². The minimum absolute atomic E-state index is 0.0221. The fourth-order valence-corrected chi connectivity index (χ4v) is 2.49. The van der Waals surface area contributed by atoms with Gasteiger partial charge in [0.25, 0.3) is 0 Å². The predicted octanol–water partition coefficient (Wildman–Crippen LogP) is 1.22. The zero-order valence-electron chi connectivity index (χ0n) is 12.9. The van der Waals surface area contributed by atoms with Crippen molar-refractivity contribution in [2.24, 2.45) is 5.92 Å². The zero-order valence-corrected chi connectivity index (χ0v) is 12.9. The standard InChI is InChI=1S/C14H27N3O3/c1-10(2)11(9-16(3)4)15-14(20)17-8-6-5-7-12(17)13(18)19/h10-12H,5-9H2,1-4H3,(H,15,20)(H,18,19). The van der Waals surface area contributed by atoms with Crippen LogP contribution in [-0.4, -0.2) is 66.2 Å². The summed E-state index contributed by atoms with van der Waals surface area (Å²) in [5.41, 5.74) is 0. The molecule has 1 aliphatic heterocycles. The molecule has 0 aromatic rings. The highest BCUT2D eigenvalue weighted by molar-refractivity contribution is 5.83. The molecule has 0 radical (unpaired) electrons. The van der Waals surface area contributed by atoms with E-state index >= 15 is 0 Å². The summed E-state index contributed by atoms with van der Waals surface area (Å²) in [5.74, 6) is -0.608. The predicted molar refractivity (Wildman–Crippen MR) is 77.7 cm³/mol. The second kappa shape index (κ2) is 7.47. The minimum atomic E-state index is -0.909. The smallest absolute Gasteiger partial charge is 0.326 e. The molecule has 0 spiro atoms. The van der Waals surface area contributed by atoms with Gasteiger partial charge in [0.1, 0.15) is 6.04 Å². The van der Waals surface area contributed by atoms with Gasteiger partial charge in [-0.25, -0.2) is 9.59 Å². The lowest BCUT2D eigenvalue weighted by molar-refractivity contribution is -0.143. The van der Waals surface area contributed by atoms with Crippen LogP contribution in [0.4, 0.5) is 4.79 Å². The normalized spacial score (nSPS) is 21.1. The van der Waals surface area contributed by atoms with Crippen LogP contribution >= 0.6 is 0 Å². The number of piperidine rings is 1. The molecular weight excluding hydrogens is 258 g/mol. The Kier molecular flexibility index (Phi) is 6.26. The molecule has 1 saturated heterocycles. The third-order valence-corrected chi connectivity index (χ3v) is 3.72. The van der Waals surface area contributed by atoms with Crippen LogP contribution in [0.2, 0.25) is 0 Å². The number of likely N-dealkylation sites (N-methyl/N-ethyl adjacent to an activating group) is 1. The summed E-state index contributed by atoms with van der Waals surface area (Å²) < 4.78 is 0. The van der Waals surface area contributed by atoms with Crippen molar-refractivity contribution in [2.45, 2.75) is 45.2 Å². The molecule has 1 aliphatic rings. The summed E-state index contributed by atoms with van der Waals surface area (Å²) in [6, 6.07) is -0.914. The molecule has 6 nitrogen and oxygen atoms in total. The van der Waals surface area contributed by atoms with E-state index in [0.717, 1.165) is 19.4 Å². The van der Waals surface area contributed by atoms with Gasteiger partial charge in [-0.3, -0.25) is 0 Å².